The summed E-state index contributed by atoms with van der Waals surface area (Å²) >= 11 is 0. The molecule has 0 saturated carbocycles. The van der Waals surface area contributed by atoms with E-state index in [0.29, 0.717) is 5.56 Å². The SMILES string of the molecule is Cc1ccc(-n2cc(-c3ccccc3N([O-])O)cn2)cc1. The number of nitrogens with zero attached hydrogens (tertiary/aromatic N) is 3. The summed E-state index contributed by atoms with van der Waals surface area (Å²) in [6.45, 7) is 2.03. The lowest BCUT2D eigenvalue weighted by molar-refractivity contribution is 0.297. The Morgan fingerprint density at radius 2 is 1.81 bits per heavy atom. The van der Waals surface area contributed by atoms with Gasteiger partial charge in [0, 0.05) is 17.3 Å². The van der Waals surface area contributed by atoms with Gasteiger partial charge in [0.15, 0.2) is 0 Å². The third-order valence-corrected chi connectivity index (χ3v) is 3.30. The quantitative estimate of drug-likeness (QED) is 0.745. The molecule has 2 aromatic carbocycles. The average molecular weight is 280 g/mol. The van der Waals surface area contributed by atoms with Crippen LogP contribution < -0.4 is 5.23 Å². The molecule has 0 radical (unpaired) electrons. The van der Waals surface area contributed by atoms with Crippen molar-refractivity contribution in [2.24, 2.45) is 0 Å². The minimum Gasteiger partial charge on any atom is -0.733 e. The number of hydrogen-bond acceptors (Lipinski definition) is 4. The normalized spacial score (nSPS) is 10.6. The molecule has 1 N–H and O–H groups in total. The molecule has 0 atom stereocenters. The van der Waals surface area contributed by atoms with Crippen molar-refractivity contribution in [2.75, 3.05) is 5.23 Å². The van der Waals surface area contributed by atoms with E-state index in [4.69, 9.17) is 0 Å². The highest BCUT2D eigenvalue weighted by atomic mass is 16.8. The van der Waals surface area contributed by atoms with Crippen molar-refractivity contribution in [3.05, 3.63) is 71.7 Å². The Labute approximate surface area is 122 Å². The number of aryl methyl sites for hydroxylation is 1. The van der Waals surface area contributed by atoms with E-state index < -0.39 is 0 Å². The van der Waals surface area contributed by atoms with Crippen LogP contribution in [0.1, 0.15) is 5.56 Å². The molecular weight excluding hydrogens is 266 g/mol. The second-order valence-corrected chi connectivity index (χ2v) is 4.80. The van der Waals surface area contributed by atoms with Gasteiger partial charge in [0.2, 0.25) is 0 Å². The fourth-order valence-corrected chi connectivity index (χ4v) is 2.19. The molecule has 3 rings (SSSR count). The molecule has 0 unspecified atom stereocenters. The van der Waals surface area contributed by atoms with Crippen LogP contribution in [0, 0.1) is 12.1 Å². The lowest BCUT2D eigenvalue weighted by atomic mass is 10.1. The first kappa shape index (κ1) is 13.4. The van der Waals surface area contributed by atoms with Crippen molar-refractivity contribution in [3.8, 4) is 16.8 Å². The van der Waals surface area contributed by atoms with Crippen LogP contribution in [-0.4, -0.2) is 15.0 Å². The Bertz CT molecular complexity index is 748. The topological polar surface area (TPSA) is 64.3 Å². The third kappa shape index (κ3) is 2.65. The number of rotatable bonds is 3. The summed E-state index contributed by atoms with van der Waals surface area (Å²) < 4.78 is 1.73. The van der Waals surface area contributed by atoms with Crippen LogP contribution in [0.25, 0.3) is 16.8 Å². The number of para-hydroxylation sites is 1. The molecule has 1 aromatic heterocycles. The molecule has 0 saturated heterocycles. The Morgan fingerprint density at radius 1 is 1.10 bits per heavy atom. The van der Waals surface area contributed by atoms with Crippen LogP contribution in [-0.2, 0) is 0 Å². The second-order valence-electron chi connectivity index (χ2n) is 4.80. The summed E-state index contributed by atoms with van der Waals surface area (Å²) in [6.07, 6.45) is 3.50. The van der Waals surface area contributed by atoms with E-state index in [0.717, 1.165) is 11.3 Å². The molecule has 3 aromatic rings. The van der Waals surface area contributed by atoms with Crippen molar-refractivity contribution in [3.63, 3.8) is 0 Å². The fraction of sp³-hybridized carbons (Fsp3) is 0.0625. The van der Waals surface area contributed by atoms with E-state index in [1.165, 1.54) is 5.56 Å². The zero-order valence-corrected chi connectivity index (χ0v) is 11.5. The molecule has 106 valence electrons. The van der Waals surface area contributed by atoms with E-state index in [9.17, 15) is 10.4 Å². The predicted molar refractivity (Wildman–Crippen MR) is 81.4 cm³/mol. The number of aromatic nitrogens is 2. The van der Waals surface area contributed by atoms with Gasteiger partial charge in [-0.3, -0.25) is 5.21 Å². The molecular formula is C16H14N3O2-. The maximum Gasteiger partial charge on any atom is 0.0645 e. The highest BCUT2D eigenvalue weighted by Crippen LogP contribution is 2.29. The maximum atomic E-state index is 11.2. The molecule has 0 amide bonds. The summed E-state index contributed by atoms with van der Waals surface area (Å²) in [7, 11) is 0. The molecule has 0 aliphatic rings. The van der Waals surface area contributed by atoms with Crippen LogP contribution in [0.2, 0.25) is 0 Å². The number of hydrogen-bond donors (Lipinski definition) is 1. The minimum absolute atomic E-state index is 0.126. The van der Waals surface area contributed by atoms with E-state index in [1.54, 1.807) is 29.1 Å². The van der Waals surface area contributed by atoms with E-state index in [-0.39, 0.29) is 10.9 Å². The average Bonchev–Trinajstić information content (AvgIpc) is 2.97. The summed E-state index contributed by atoms with van der Waals surface area (Å²) in [4.78, 5) is 0. The number of anilines is 1. The summed E-state index contributed by atoms with van der Waals surface area (Å²) in [6, 6.07) is 14.8. The summed E-state index contributed by atoms with van der Waals surface area (Å²) in [5, 5.41) is 24.6. The molecule has 0 fully saturated rings. The van der Waals surface area contributed by atoms with Gasteiger partial charge in [-0.25, -0.2) is 4.68 Å². The Kier molecular flexibility index (Phi) is 3.43. The molecule has 0 aliphatic carbocycles. The third-order valence-electron chi connectivity index (χ3n) is 3.30. The van der Waals surface area contributed by atoms with Gasteiger partial charge < -0.3 is 10.4 Å². The monoisotopic (exact) mass is 280 g/mol. The minimum atomic E-state index is -0.126. The molecule has 5 nitrogen and oxygen atoms in total. The van der Waals surface area contributed by atoms with Gasteiger partial charge in [-0.1, -0.05) is 35.9 Å². The van der Waals surface area contributed by atoms with Crippen molar-refractivity contribution >= 4 is 5.69 Å². The molecule has 0 aliphatic heterocycles. The predicted octanol–water partition coefficient (Wildman–Crippen LogP) is 3.54. The smallest absolute Gasteiger partial charge is 0.0645 e. The Hall–Kier alpha value is -2.63. The summed E-state index contributed by atoms with van der Waals surface area (Å²) in [5.41, 5.74) is 3.71. The van der Waals surface area contributed by atoms with Gasteiger partial charge >= 0.3 is 0 Å². The van der Waals surface area contributed by atoms with Gasteiger partial charge in [-0.15, -0.1) is 0 Å². The molecule has 1 heterocycles. The van der Waals surface area contributed by atoms with Gasteiger partial charge in [-0.05, 0) is 25.1 Å². The van der Waals surface area contributed by atoms with Crippen LogP contribution in [0.3, 0.4) is 0 Å². The maximum absolute atomic E-state index is 11.2. The van der Waals surface area contributed by atoms with E-state index in [2.05, 4.69) is 5.10 Å². The van der Waals surface area contributed by atoms with E-state index in [1.807, 2.05) is 43.5 Å². The fourth-order valence-electron chi connectivity index (χ4n) is 2.19. The summed E-state index contributed by atoms with van der Waals surface area (Å²) in [5.74, 6) is 0. The van der Waals surface area contributed by atoms with Gasteiger partial charge in [0.1, 0.15) is 0 Å². The van der Waals surface area contributed by atoms with Crippen molar-refractivity contribution in [1.29, 1.82) is 0 Å². The first-order chi connectivity index (χ1) is 10.1. The van der Waals surface area contributed by atoms with Crippen molar-refractivity contribution < 1.29 is 5.21 Å². The van der Waals surface area contributed by atoms with Gasteiger partial charge in [0.05, 0.1) is 17.6 Å². The van der Waals surface area contributed by atoms with Crippen LogP contribution >= 0.6 is 0 Å². The zero-order chi connectivity index (χ0) is 14.8. The van der Waals surface area contributed by atoms with E-state index >= 15 is 0 Å². The largest absolute Gasteiger partial charge is 0.733 e. The van der Waals surface area contributed by atoms with Crippen molar-refractivity contribution in [1.82, 2.24) is 9.78 Å². The van der Waals surface area contributed by atoms with Crippen molar-refractivity contribution in [2.45, 2.75) is 6.92 Å². The first-order valence-corrected chi connectivity index (χ1v) is 6.52. The zero-order valence-electron chi connectivity index (χ0n) is 11.5. The molecule has 0 bridgehead atoms. The molecule has 0 spiro atoms. The highest BCUT2D eigenvalue weighted by molar-refractivity contribution is 5.77. The standard InChI is InChI=1S/C16H14N3O2/c1-12-6-8-14(9-7-12)18-11-13(10-17-18)15-4-2-3-5-16(15)19(20)21/h2-11,20H,1H3/q-1. The molecule has 21 heavy (non-hydrogen) atoms. The first-order valence-electron chi connectivity index (χ1n) is 6.52. The Balaban J connectivity index is 2.01. The lowest BCUT2D eigenvalue weighted by Gasteiger charge is -2.24. The molecule has 5 heteroatoms. The van der Waals surface area contributed by atoms with Gasteiger partial charge in [-0.2, -0.15) is 5.10 Å². The van der Waals surface area contributed by atoms with Crippen LogP contribution in [0.4, 0.5) is 5.69 Å². The van der Waals surface area contributed by atoms with Crippen LogP contribution in [0.5, 0.6) is 0 Å². The second kappa shape index (κ2) is 5.40. The van der Waals surface area contributed by atoms with Crippen LogP contribution in [0.15, 0.2) is 60.9 Å². The highest BCUT2D eigenvalue weighted by Gasteiger charge is 2.08. The van der Waals surface area contributed by atoms with Gasteiger partial charge in [0.25, 0.3) is 0 Å². The Morgan fingerprint density at radius 3 is 2.52 bits per heavy atom. The lowest BCUT2D eigenvalue weighted by Crippen LogP contribution is -2.08. The number of benzene rings is 2.